The first-order chi connectivity index (χ1) is 11.8. The second kappa shape index (κ2) is 6.16. The van der Waals surface area contributed by atoms with Crippen LogP contribution in [0, 0.1) is 29.6 Å². The molecule has 1 heteroatoms. The molecule has 24 heavy (non-hydrogen) atoms. The van der Waals surface area contributed by atoms with Crippen LogP contribution in [0.5, 0.6) is 0 Å². The van der Waals surface area contributed by atoms with E-state index in [1.165, 1.54) is 31.4 Å². The van der Waals surface area contributed by atoms with Crippen molar-refractivity contribution in [2.45, 2.75) is 70.8 Å². The average molecular weight is 324 g/mol. The smallest absolute Gasteiger partial charge is 0.0205 e. The van der Waals surface area contributed by atoms with Crippen molar-refractivity contribution in [1.82, 2.24) is 5.32 Å². The molecular formula is C23H33N. The molecule has 1 unspecified atom stereocenters. The van der Waals surface area contributed by atoms with Gasteiger partial charge in [-0.2, -0.15) is 0 Å². The van der Waals surface area contributed by atoms with Gasteiger partial charge in [0, 0.05) is 6.54 Å². The summed E-state index contributed by atoms with van der Waals surface area (Å²) in [6.45, 7) is 4.74. The third-order valence-corrected chi connectivity index (χ3v) is 7.96. The molecule has 130 valence electrons. The molecule has 0 amide bonds. The van der Waals surface area contributed by atoms with E-state index in [1.807, 2.05) is 0 Å². The molecule has 0 aromatic heterocycles. The van der Waals surface area contributed by atoms with Gasteiger partial charge in [0.2, 0.25) is 0 Å². The Labute approximate surface area is 147 Å². The van der Waals surface area contributed by atoms with Gasteiger partial charge in [0.25, 0.3) is 0 Å². The molecule has 1 aromatic carbocycles. The second-order valence-corrected chi connectivity index (χ2v) is 9.55. The maximum Gasteiger partial charge on any atom is 0.0205 e. The Kier molecular flexibility index (Phi) is 3.96. The predicted octanol–water partition coefficient (Wildman–Crippen LogP) is 5.29. The van der Waals surface area contributed by atoms with Crippen LogP contribution in [-0.4, -0.2) is 6.54 Å². The lowest BCUT2D eigenvalue weighted by Gasteiger charge is -2.54. The molecule has 0 spiro atoms. The van der Waals surface area contributed by atoms with Crippen LogP contribution in [0.3, 0.4) is 0 Å². The van der Waals surface area contributed by atoms with Crippen molar-refractivity contribution in [2.24, 2.45) is 29.6 Å². The Morgan fingerprint density at radius 3 is 2.50 bits per heavy atom. The Hall–Kier alpha value is -0.820. The van der Waals surface area contributed by atoms with Crippen LogP contribution in [0.15, 0.2) is 18.2 Å². The zero-order valence-corrected chi connectivity index (χ0v) is 15.3. The zero-order chi connectivity index (χ0) is 16.1. The molecule has 1 aromatic rings. The first-order valence-corrected chi connectivity index (χ1v) is 10.6. The molecule has 1 N–H and O–H groups in total. The molecular weight excluding hydrogens is 290 g/mol. The van der Waals surface area contributed by atoms with Gasteiger partial charge in [0.05, 0.1) is 0 Å². The van der Waals surface area contributed by atoms with Crippen LogP contribution in [0.1, 0.15) is 74.5 Å². The summed E-state index contributed by atoms with van der Waals surface area (Å²) in [6.07, 6.45) is 11.8. The van der Waals surface area contributed by atoms with Gasteiger partial charge >= 0.3 is 0 Å². The van der Waals surface area contributed by atoms with Gasteiger partial charge in [0.15, 0.2) is 0 Å². The summed E-state index contributed by atoms with van der Waals surface area (Å²) in [7, 11) is 0. The van der Waals surface area contributed by atoms with E-state index in [-0.39, 0.29) is 0 Å². The van der Waals surface area contributed by atoms with Gasteiger partial charge in [-0.05, 0) is 110 Å². The molecule has 0 radical (unpaired) electrons. The fourth-order valence-corrected chi connectivity index (χ4v) is 6.95. The van der Waals surface area contributed by atoms with Crippen LogP contribution in [0.2, 0.25) is 0 Å². The van der Waals surface area contributed by atoms with E-state index in [0.717, 1.165) is 42.1 Å². The monoisotopic (exact) mass is 323 g/mol. The summed E-state index contributed by atoms with van der Waals surface area (Å²) < 4.78 is 0. The average Bonchev–Trinajstić information content (AvgIpc) is 2.57. The summed E-state index contributed by atoms with van der Waals surface area (Å²) >= 11 is 0. The molecule has 5 aliphatic rings. The number of aryl methyl sites for hydroxylation is 1. The lowest BCUT2D eigenvalue weighted by molar-refractivity contribution is -0.0355. The minimum atomic E-state index is 0.762. The summed E-state index contributed by atoms with van der Waals surface area (Å²) in [4.78, 5) is 0. The van der Waals surface area contributed by atoms with E-state index >= 15 is 0 Å². The highest BCUT2D eigenvalue weighted by Crippen LogP contribution is 2.56. The van der Waals surface area contributed by atoms with Crippen LogP contribution >= 0.6 is 0 Å². The number of nitrogens with one attached hydrogen (secondary N) is 1. The molecule has 4 saturated carbocycles. The van der Waals surface area contributed by atoms with Crippen LogP contribution in [0.4, 0.5) is 0 Å². The van der Waals surface area contributed by atoms with Crippen molar-refractivity contribution in [3.63, 3.8) is 0 Å². The lowest BCUT2D eigenvalue weighted by atomic mass is 9.52. The predicted molar refractivity (Wildman–Crippen MR) is 100 cm³/mol. The zero-order valence-electron chi connectivity index (χ0n) is 15.3. The standard InChI is InChI=1S/C23H33N/c1-15-3-2-4-19-6-5-16(12-22(15)19)13-24-14-23-20-8-17-7-18(10-20)11-21(23)9-17/h5-6,12,15,17-18,20-21,23-24H,2-4,7-11,13-14H2,1H3. The van der Waals surface area contributed by atoms with Crippen molar-refractivity contribution >= 4 is 0 Å². The largest absolute Gasteiger partial charge is 0.312 e. The van der Waals surface area contributed by atoms with E-state index in [2.05, 4.69) is 30.4 Å². The van der Waals surface area contributed by atoms with Crippen molar-refractivity contribution in [3.8, 4) is 0 Å². The van der Waals surface area contributed by atoms with Gasteiger partial charge in [-0.15, -0.1) is 0 Å². The SMILES string of the molecule is CC1CCCc2ccc(CNCC3C4CC5CC(C4)CC3C5)cc21. The normalized spacial score (nSPS) is 39.9. The minimum absolute atomic E-state index is 0.762. The quantitative estimate of drug-likeness (QED) is 0.794. The maximum absolute atomic E-state index is 3.85. The van der Waals surface area contributed by atoms with Gasteiger partial charge < -0.3 is 5.32 Å². The highest BCUT2D eigenvalue weighted by atomic mass is 14.9. The van der Waals surface area contributed by atoms with Gasteiger partial charge in [-0.1, -0.05) is 25.1 Å². The first-order valence-electron chi connectivity index (χ1n) is 10.6. The Bertz CT molecular complexity index is 576. The summed E-state index contributed by atoms with van der Waals surface area (Å²) in [5.41, 5.74) is 4.75. The fourth-order valence-electron chi connectivity index (χ4n) is 6.95. The number of fused-ring (bicyclic) bond motifs is 1. The Morgan fingerprint density at radius 2 is 1.75 bits per heavy atom. The highest BCUT2D eigenvalue weighted by molar-refractivity contribution is 5.36. The van der Waals surface area contributed by atoms with Crippen molar-refractivity contribution in [3.05, 3.63) is 34.9 Å². The lowest BCUT2D eigenvalue weighted by Crippen LogP contribution is -2.48. The van der Waals surface area contributed by atoms with E-state index in [4.69, 9.17) is 0 Å². The molecule has 6 rings (SSSR count). The molecule has 5 aliphatic carbocycles. The van der Waals surface area contributed by atoms with Crippen molar-refractivity contribution in [2.75, 3.05) is 6.54 Å². The molecule has 0 aliphatic heterocycles. The Balaban J connectivity index is 1.20. The van der Waals surface area contributed by atoms with Gasteiger partial charge in [0.1, 0.15) is 0 Å². The molecule has 1 atom stereocenters. The van der Waals surface area contributed by atoms with Crippen molar-refractivity contribution in [1.29, 1.82) is 0 Å². The summed E-state index contributed by atoms with van der Waals surface area (Å²) in [5.74, 6) is 6.05. The number of hydrogen-bond acceptors (Lipinski definition) is 1. The molecule has 1 nitrogen and oxygen atoms in total. The van der Waals surface area contributed by atoms with Gasteiger partial charge in [-0.3, -0.25) is 0 Å². The minimum Gasteiger partial charge on any atom is -0.312 e. The first kappa shape index (κ1) is 15.4. The van der Waals surface area contributed by atoms with Crippen LogP contribution < -0.4 is 5.32 Å². The number of hydrogen-bond donors (Lipinski definition) is 1. The van der Waals surface area contributed by atoms with Crippen LogP contribution in [0.25, 0.3) is 0 Å². The topological polar surface area (TPSA) is 12.0 Å². The van der Waals surface area contributed by atoms with E-state index in [9.17, 15) is 0 Å². The molecule has 4 bridgehead atoms. The highest BCUT2D eigenvalue weighted by Gasteiger charge is 2.47. The third-order valence-electron chi connectivity index (χ3n) is 7.96. The summed E-state index contributed by atoms with van der Waals surface area (Å²) in [6, 6.07) is 7.29. The van der Waals surface area contributed by atoms with E-state index in [0.29, 0.717) is 0 Å². The Morgan fingerprint density at radius 1 is 1.00 bits per heavy atom. The third kappa shape index (κ3) is 2.73. The summed E-state index contributed by atoms with van der Waals surface area (Å²) in [5, 5.41) is 3.85. The molecule has 0 saturated heterocycles. The molecule has 4 fully saturated rings. The number of rotatable bonds is 4. The van der Waals surface area contributed by atoms with Crippen molar-refractivity contribution < 1.29 is 0 Å². The van der Waals surface area contributed by atoms with Gasteiger partial charge in [-0.25, -0.2) is 0 Å². The van der Waals surface area contributed by atoms with Crippen LogP contribution in [-0.2, 0) is 13.0 Å². The fraction of sp³-hybridized carbons (Fsp3) is 0.739. The van der Waals surface area contributed by atoms with E-state index < -0.39 is 0 Å². The second-order valence-electron chi connectivity index (χ2n) is 9.55. The number of benzene rings is 1. The maximum atomic E-state index is 3.85. The van der Waals surface area contributed by atoms with E-state index in [1.54, 1.807) is 43.2 Å². The molecule has 0 heterocycles.